The molecule has 1 saturated heterocycles. The zero-order chi connectivity index (χ0) is 15.1. The fraction of sp³-hybridized carbons (Fsp3) is 0.556. The summed E-state index contributed by atoms with van der Waals surface area (Å²) in [7, 11) is 0. The molecule has 2 aromatic rings. The highest BCUT2D eigenvalue weighted by molar-refractivity contribution is 6.32. The summed E-state index contributed by atoms with van der Waals surface area (Å²) < 4.78 is 0. The van der Waals surface area contributed by atoms with Crippen molar-refractivity contribution < 1.29 is 0 Å². The zero-order valence-corrected chi connectivity index (χ0v) is 14.0. The van der Waals surface area contributed by atoms with Gasteiger partial charge in [0.05, 0.1) is 0 Å². The maximum Gasteiger partial charge on any atom is 0.0487 e. The van der Waals surface area contributed by atoms with Gasteiger partial charge in [0, 0.05) is 61.4 Å². The zero-order valence-electron chi connectivity index (χ0n) is 13.2. The van der Waals surface area contributed by atoms with Crippen LogP contribution in [0, 0.1) is 12.8 Å². The van der Waals surface area contributed by atoms with Gasteiger partial charge in [-0.15, -0.1) is 0 Å². The number of nitrogens with zero attached hydrogens (tertiary/aromatic N) is 2. The minimum atomic E-state index is 0.907. The fourth-order valence-corrected chi connectivity index (χ4v) is 3.93. The molecule has 0 unspecified atom stereocenters. The lowest BCUT2D eigenvalue weighted by Crippen LogP contribution is -2.46. The van der Waals surface area contributed by atoms with Gasteiger partial charge in [-0.05, 0) is 48.9 Å². The number of aromatic amines is 1. The van der Waals surface area contributed by atoms with E-state index in [1.54, 1.807) is 0 Å². The molecule has 2 heterocycles. The summed E-state index contributed by atoms with van der Waals surface area (Å²) >= 11 is 6.54. The molecule has 0 radical (unpaired) electrons. The summed E-state index contributed by atoms with van der Waals surface area (Å²) in [5, 5.41) is 2.19. The number of halogens is 1. The van der Waals surface area contributed by atoms with Gasteiger partial charge in [0.1, 0.15) is 0 Å². The number of hydrogen-bond acceptors (Lipinski definition) is 2. The molecule has 1 aromatic carbocycles. The van der Waals surface area contributed by atoms with Gasteiger partial charge in [0.25, 0.3) is 0 Å². The average molecular weight is 318 g/mol. The lowest BCUT2D eigenvalue weighted by molar-refractivity contribution is 0.124. The molecule has 4 rings (SSSR count). The maximum atomic E-state index is 6.54. The topological polar surface area (TPSA) is 22.3 Å². The van der Waals surface area contributed by atoms with Crippen LogP contribution < -0.4 is 0 Å². The Kier molecular flexibility index (Phi) is 3.89. The third-order valence-corrected chi connectivity index (χ3v) is 5.50. The molecule has 22 heavy (non-hydrogen) atoms. The summed E-state index contributed by atoms with van der Waals surface area (Å²) in [5.41, 5.74) is 3.73. The van der Waals surface area contributed by atoms with Crippen LogP contribution >= 0.6 is 11.6 Å². The number of H-pyrrole nitrogens is 1. The fourth-order valence-electron chi connectivity index (χ4n) is 3.61. The quantitative estimate of drug-likeness (QED) is 0.929. The van der Waals surface area contributed by atoms with E-state index >= 15 is 0 Å². The number of benzene rings is 1. The van der Waals surface area contributed by atoms with Crippen LogP contribution in [-0.4, -0.2) is 47.5 Å². The van der Waals surface area contributed by atoms with Crippen LogP contribution in [0.25, 0.3) is 10.9 Å². The number of piperazine rings is 1. The van der Waals surface area contributed by atoms with Crippen LogP contribution in [-0.2, 0) is 6.54 Å². The highest BCUT2D eigenvalue weighted by atomic mass is 35.5. The number of aromatic nitrogens is 1. The van der Waals surface area contributed by atoms with E-state index in [4.69, 9.17) is 11.6 Å². The van der Waals surface area contributed by atoms with E-state index in [0.29, 0.717) is 0 Å². The van der Waals surface area contributed by atoms with Crippen molar-refractivity contribution in [2.24, 2.45) is 5.92 Å². The highest BCUT2D eigenvalue weighted by Gasteiger charge is 2.26. The Morgan fingerprint density at radius 2 is 1.91 bits per heavy atom. The van der Waals surface area contributed by atoms with Gasteiger partial charge in [0.2, 0.25) is 0 Å². The summed E-state index contributed by atoms with van der Waals surface area (Å²) in [5.74, 6) is 0.998. The summed E-state index contributed by atoms with van der Waals surface area (Å²) in [6.07, 6.45) is 4.92. The van der Waals surface area contributed by atoms with Crippen molar-refractivity contribution in [1.82, 2.24) is 14.8 Å². The van der Waals surface area contributed by atoms with E-state index in [9.17, 15) is 0 Å². The van der Waals surface area contributed by atoms with Crippen LogP contribution in [0.1, 0.15) is 24.0 Å². The third-order valence-electron chi connectivity index (χ3n) is 5.16. The second-order valence-electron chi connectivity index (χ2n) is 6.94. The van der Waals surface area contributed by atoms with Crippen molar-refractivity contribution in [2.75, 3.05) is 32.7 Å². The minimum absolute atomic E-state index is 0.907. The van der Waals surface area contributed by atoms with Crippen LogP contribution in [0.4, 0.5) is 0 Å². The van der Waals surface area contributed by atoms with E-state index in [1.807, 2.05) is 6.20 Å². The standard InChI is InChI=1S/C18H24ClN3/c1-13-10-17(19)16(15-4-5-20-18(13)15)12-22-8-6-21(7-9-22)11-14-2-3-14/h4-5,10,14,20H,2-3,6-9,11-12H2,1H3. The normalized spacial score (nSPS) is 20.8. The molecule has 2 fully saturated rings. The maximum absolute atomic E-state index is 6.54. The van der Waals surface area contributed by atoms with Gasteiger partial charge in [-0.25, -0.2) is 0 Å². The number of rotatable bonds is 4. The molecule has 0 atom stereocenters. The predicted molar refractivity (Wildman–Crippen MR) is 92.5 cm³/mol. The molecular weight excluding hydrogens is 294 g/mol. The molecule has 1 aliphatic carbocycles. The number of fused-ring (bicyclic) bond motifs is 1. The number of aryl methyl sites for hydroxylation is 1. The first-order valence-electron chi connectivity index (χ1n) is 8.40. The SMILES string of the molecule is Cc1cc(Cl)c(CN2CCN(CC3CC3)CC2)c2cc[nH]c12. The van der Waals surface area contributed by atoms with Gasteiger partial charge >= 0.3 is 0 Å². The van der Waals surface area contributed by atoms with Crippen molar-refractivity contribution in [2.45, 2.75) is 26.3 Å². The lowest BCUT2D eigenvalue weighted by atomic mass is 10.1. The van der Waals surface area contributed by atoms with Crippen LogP contribution in [0.5, 0.6) is 0 Å². The van der Waals surface area contributed by atoms with Crippen molar-refractivity contribution in [3.63, 3.8) is 0 Å². The molecule has 2 aliphatic rings. The Balaban J connectivity index is 1.46. The largest absolute Gasteiger partial charge is 0.361 e. The van der Waals surface area contributed by atoms with Crippen LogP contribution in [0.3, 0.4) is 0 Å². The number of nitrogens with one attached hydrogen (secondary N) is 1. The van der Waals surface area contributed by atoms with Crippen molar-refractivity contribution in [3.8, 4) is 0 Å². The van der Waals surface area contributed by atoms with Gasteiger partial charge in [-0.2, -0.15) is 0 Å². The average Bonchev–Trinajstić information content (AvgIpc) is 3.17. The molecule has 1 N–H and O–H groups in total. The molecular formula is C18H24ClN3. The van der Waals surface area contributed by atoms with Crippen molar-refractivity contribution >= 4 is 22.5 Å². The molecule has 0 spiro atoms. The van der Waals surface area contributed by atoms with E-state index in [0.717, 1.165) is 30.6 Å². The molecule has 4 heteroatoms. The monoisotopic (exact) mass is 317 g/mol. The summed E-state index contributed by atoms with van der Waals surface area (Å²) in [4.78, 5) is 8.53. The van der Waals surface area contributed by atoms with Crippen LogP contribution in [0.2, 0.25) is 5.02 Å². The highest BCUT2D eigenvalue weighted by Crippen LogP contribution is 2.31. The molecule has 1 saturated carbocycles. The van der Waals surface area contributed by atoms with E-state index in [-0.39, 0.29) is 0 Å². The molecule has 3 nitrogen and oxygen atoms in total. The Labute approximate surface area is 137 Å². The Morgan fingerprint density at radius 1 is 1.18 bits per heavy atom. The first kappa shape index (κ1) is 14.6. The third kappa shape index (κ3) is 2.90. The van der Waals surface area contributed by atoms with Crippen molar-refractivity contribution in [1.29, 1.82) is 0 Å². The van der Waals surface area contributed by atoms with Gasteiger partial charge in [-0.3, -0.25) is 4.90 Å². The van der Waals surface area contributed by atoms with E-state index in [2.05, 4.69) is 33.8 Å². The molecule has 1 aliphatic heterocycles. The Hall–Kier alpha value is -1.03. The lowest BCUT2D eigenvalue weighted by Gasteiger charge is -2.35. The second-order valence-corrected chi connectivity index (χ2v) is 7.35. The second kappa shape index (κ2) is 5.88. The Bertz CT molecular complexity index is 666. The minimum Gasteiger partial charge on any atom is -0.361 e. The van der Waals surface area contributed by atoms with Gasteiger partial charge in [0.15, 0.2) is 0 Å². The molecule has 0 bridgehead atoms. The van der Waals surface area contributed by atoms with Gasteiger partial charge < -0.3 is 9.88 Å². The number of hydrogen-bond donors (Lipinski definition) is 1. The first-order valence-corrected chi connectivity index (χ1v) is 8.78. The molecule has 118 valence electrons. The molecule has 1 aromatic heterocycles. The van der Waals surface area contributed by atoms with Crippen LogP contribution in [0.15, 0.2) is 18.3 Å². The van der Waals surface area contributed by atoms with Gasteiger partial charge in [-0.1, -0.05) is 11.6 Å². The smallest absolute Gasteiger partial charge is 0.0487 e. The predicted octanol–water partition coefficient (Wildman–Crippen LogP) is 3.66. The first-order chi connectivity index (χ1) is 10.7. The summed E-state index contributed by atoms with van der Waals surface area (Å²) in [6, 6.07) is 4.26. The van der Waals surface area contributed by atoms with E-state index in [1.165, 1.54) is 54.5 Å². The summed E-state index contributed by atoms with van der Waals surface area (Å²) in [6.45, 7) is 9.12. The van der Waals surface area contributed by atoms with E-state index < -0.39 is 0 Å². The Morgan fingerprint density at radius 3 is 2.64 bits per heavy atom. The molecule has 0 amide bonds. The van der Waals surface area contributed by atoms with Crippen molar-refractivity contribution in [3.05, 3.63) is 34.5 Å².